The number of para-hydroxylation sites is 1. The molecule has 0 saturated carbocycles. The number of nitrogens with one attached hydrogen (secondary N) is 1. The van der Waals surface area contributed by atoms with Gasteiger partial charge in [-0.1, -0.05) is 39.7 Å². The van der Waals surface area contributed by atoms with Crippen LogP contribution in [0.1, 0.15) is 12.5 Å². The fraction of sp³-hybridized carbons (Fsp3) is 0.118. The molecule has 2 nitrogen and oxygen atoms in total. The van der Waals surface area contributed by atoms with Gasteiger partial charge in [-0.05, 0) is 37.4 Å². The SMILES string of the molecule is CSC(Nc1c(F)cccc1Cl)=C(C(C)=O)c1ccc(F)cc1Br. The number of thioether (sulfide) groups is 1. The molecular formula is C17H13BrClF2NOS. The number of hydrogen-bond donors (Lipinski definition) is 1. The van der Waals surface area contributed by atoms with Gasteiger partial charge in [0.25, 0.3) is 0 Å². The van der Waals surface area contributed by atoms with Crippen LogP contribution in [0.2, 0.25) is 5.02 Å². The Hall–Kier alpha value is -1.37. The second kappa shape index (κ2) is 8.14. The molecule has 0 bridgehead atoms. The van der Waals surface area contributed by atoms with E-state index in [4.69, 9.17) is 11.6 Å². The average Bonchev–Trinajstić information content (AvgIpc) is 2.51. The van der Waals surface area contributed by atoms with Crippen LogP contribution >= 0.6 is 39.3 Å². The quantitative estimate of drug-likeness (QED) is 0.578. The van der Waals surface area contributed by atoms with Gasteiger partial charge in [0, 0.05) is 10.0 Å². The molecule has 0 saturated heterocycles. The standard InChI is InChI=1S/C17H13BrClF2NOS/c1-9(23)15(11-7-6-10(20)8-12(11)18)17(24-2)22-16-13(19)4-3-5-14(16)21/h3-8,22H,1-2H3. The first-order valence-corrected chi connectivity index (χ1v) is 9.20. The largest absolute Gasteiger partial charge is 0.346 e. The van der Waals surface area contributed by atoms with Crippen molar-refractivity contribution in [2.75, 3.05) is 11.6 Å². The van der Waals surface area contributed by atoms with Crippen LogP contribution in [0.4, 0.5) is 14.5 Å². The maximum Gasteiger partial charge on any atom is 0.163 e. The lowest BCUT2D eigenvalue weighted by Gasteiger charge is -2.16. The molecule has 24 heavy (non-hydrogen) atoms. The molecule has 2 aromatic rings. The number of hydrogen-bond acceptors (Lipinski definition) is 3. The number of allylic oxidation sites excluding steroid dienone is 1. The van der Waals surface area contributed by atoms with Crippen molar-refractivity contribution < 1.29 is 13.6 Å². The van der Waals surface area contributed by atoms with Gasteiger partial charge in [-0.25, -0.2) is 8.78 Å². The van der Waals surface area contributed by atoms with E-state index >= 15 is 0 Å². The number of rotatable bonds is 5. The summed E-state index contributed by atoms with van der Waals surface area (Å²) in [5.74, 6) is -1.20. The van der Waals surface area contributed by atoms with Crippen molar-refractivity contribution in [3.63, 3.8) is 0 Å². The van der Waals surface area contributed by atoms with Crippen molar-refractivity contribution in [3.05, 3.63) is 68.1 Å². The lowest BCUT2D eigenvalue weighted by Crippen LogP contribution is -2.08. The van der Waals surface area contributed by atoms with Crippen LogP contribution in [0.25, 0.3) is 5.57 Å². The van der Waals surface area contributed by atoms with Crippen LogP contribution in [-0.2, 0) is 4.79 Å². The van der Waals surface area contributed by atoms with Crippen LogP contribution < -0.4 is 5.32 Å². The first-order chi connectivity index (χ1) is 11.3. The molecule has 0 radical (unpaired) electrons. The minimum Gasteiger partial charge on any atom is -0.346 e. The maximum atomic E-state index is 14.0. The second-order valence-corrected chi connectivity index (χ2v) is 6.89. The van der Waals surface area contributed by atoms with Crippen LogP contribution in [0.5, 0.6) is 0 Å². The molecular weight excluding hydrogens is 420 g/mol. The van der Waals surface area contributed by atoms with Crippen LogP contribution in [0.3, 0.4) is 0 Å². The minimum atomic E-state index is -0.532. The van der Waals surface area contributed by atoms with Gasteiger partial charge < -0.3 is 5.32 Å². The summed E-state index contributed by atoms with van der Waals surface area (Å²) in [5.41, 5.74) is 0.905. The van der Waals surface area contributed by atoms with Gasteiger partial charge in [-0.2, -0.15) is 0 Å². The summed E-state index contributed by atoms with van der Waals surface area (Å²) in [4.78, 5) is 12.2. The van der Waals surface area contributed by atoms with E-state index < -0.39 is 11.6 Å². The van der Waals surface area contributed by atoms with E-state index in [1.807, 2.05) is 0 Å². The average molecular weight is 433 g/mol. The van der Waals surface area contributed by atoms with Crippen molar-refractivity contribution in [2.24, 2.45) is 0 Å². The molecule has 0 fully saturated rings. The Morgan fingerprint density at radius 3 is 2.50 bits per heavy atom. The van der Waals surface area contributed by atoms with E-state index in [9.17, 15) is 13.6 Å². The summed E-state index contributed by atoms with van der Waals surface area (Å²) in [6.45, 7) is 1.39. The maximum absolute atomic E-state index is 14.0. The molecule has 1 N–H and O–H groups in total. The summed E-state index contributed by atoms with van der Waals surface area (Å²) in [6.07, 6.45) is 1.75. The van der Waals surface area contributed by atoms with Gasteiger partial charge in [-0.15, -0.1) is 11.8 Å². The van der Waals surface area contributed by atoms with Gasteiger partial charge in [0.2, 0.25) is 0 Å². The summed E-state index contributed by atoms with van der Waals surface area (Å²) in [5, 5.41) is 3.50. The Kier molecular flexibility index (Phi) is 6.43. The molecule has 2 rings (SSSR count). The Morgan fingerprint density at radius 1 is 1.25 bits per heavy atom. The van der Waals surface area contributed by atoms with E-state index in [-0.39, 0.29) is 16.5 Å². The topological polar surface area (TPSA) is 29.1 Å². The fourth-order valence-corrected chi connectivity index (χ4v) is 3.53. The summed E-state index contributed by atoms with van der Waals surface area (Å²) in [6, 6.07) is 8.34. The van der Waals surface area contributed by atoms with Crippen molar-refractivity contribution in [3.8, 4) is 0 Å². The highest BCUT2D eigenvalue weighted by atomic mass is 79.9. The number of halogens is 4. The van der Waals surface area contributed by atoms with E-state index in [1.54, 1.807) is 12.3 Å². The number of Topliss-reactive ketones (excluding diaryl/α,β-unsaturated/α-hetero) is 1. The zero-order chi connectivity index (χ0) is 17.9. The highest BCUT2D eigenvalue weighted by Gasteiger charge is 2.19. The molecule has 7 heteroatoms. The normalized spacial score (nSPS) is 11.9. The third kappa shape index (κ3) is 4.18. The van der Waals surface area contributed by atoms with Gasteiger partial charge >= 0.3 is 0 Å². The van der Waals surface area contributed by atoms with Crippen molar-refractivity contribution in [1.82, 2.24) is 0 Å². The monoisotopic (exact) mass is 431 g/mol. The van der Waals surface area contributed by atoms with Gasteiger partial charge in [-0.3, -0.25) is 4.79 Å². The minimum absolute atomic E-state index is 0.0838. The molecule has 0 aromatic heterocycles. The zero-order valence-corrected chi connectivity index (χ0v) is 16.0. The molecule has 0 aliphatic carbocycles. The van der Waals surface area contributed by atoms with E-state index in [0.29, 0.717) is 20.6 Å². The Balaban J connectivity index is 2.61. The Labute approximate surface area is 156 Å². The van der Waals surface area contributed by atoms with E-state index in [1.165, 1.54) is 49.0 Å². The number of ketones is 1. The number of carbonyl (C=O) groups is 1. The Morgan fingerprint density at radius 2 is 1.96 bits per heavy atom. The highest BCUT2D eigenvalue weighted by molar-refractivity contribution is 9.10. The van der Waals surface area contributed by atoms with Crippen LogP contribution in [0, 0.1) is 11.6 Å². The second-order valence-electron chi connectivity index (χ2n) is 4.81. The molecule has 0 amide bonds. The summed E-state index contributed by atoms with van der Waals surface area (Å²) >= 11 is 10.5. The predicted octanol–water partition coefficient (Wildman–Crippen LogP) is 6.11. The smallest absolute Gasteiger partial charge is 0.163 e. The van der Waals surface area contributed by atoms with Gasteiger partial charge in [0.05, 0.1) is 21.3 Å². The highest BCUT2D eigenvalue weighted by Crippen LogP contribution is 2.35. The number of carbonyl (C=O) groups excluding carboxylic acids is 1. The van der Waals surface area contributed by atoms with Crippen LogP contribution in [0.15, 0.2) is 45.9 Å². The van der Waals surface area contributed by atoms with Crippen LogP contribution in [-0.4, -0.2) is 12.0 Å². The third-order valence-electron chi connectivity index (χ3n) is 3.19. The molecule has 0 unspecified atom stereocenters. The zero-order valence-electron chi connectivity index (χ0n) is 12.8. The van der Waals surface area contributed by atoms with E-state index in [2.05, 4.69) is 21.2 Å². The summed E-state index contributed by atoms with van der Waals surface area (Å²) in [7, 11) is 0. The molecule has 126 valence electrons. The predicted molar refractivity (Wildman–Crippen MR) is 100 cm³/mol. The lowest BCUT2D eigenvalue weighted by molar-refractivity contribution is -0.111. The van der Waals surface area contributed by atoms with Gasteiger partial charge in [0.1, 0.15) is 11.6 Å². The Bertz CT molecular complexity index is 806. The first-order valence-electron chi connectivity index (χ1n) is 6.80. The molecule has 0 heterocycles. The number of benzene rings is 2. The third-order valence-corrected chi connectivity index (χ3v) is 4.87. The molecule has 0 spiro atoms. The van der Waals surface area contributed by atoms with E-state index in [0.717, 1.165) is 0 Å². The molecule has 0 aliphatic rings. The molecule has 2 aromatic carbocycles. The first kappa shape index (κ1) is 19.0. The number of anilines is 1. The summed E-state index contributed by atoms with van der Waals surface area (Å²) < 4.78 is 27.8. The van der Waals surface area contributed by atoms with Crippen molar-refractivity contribution >= 4 is 56.3 Å². The molecule has 0 atom stereocenters. The van der Waals surface area contributed by atoms with Crippen molar-refractivity contribution in [1.29, 1.82) is 0 Å². The lowest BCUT2D eigenvalue weighted by atomic mass is 10.0. The fourth-order valence-electron chi connectivity index (χ4n) is 2.11. The van der Waals surface area contributed by atoms with Gasteiger partial charge in [0.15, 0.2) is 5.78 Å². The van der Waals surface area contributed by atoms with Crippen molar-refractivity contribution in [2.45, 2.75) is 6.92 Å². The molecule has 0 aliphatic heterocycles.